The highest BCUT2D eigenvalue weighted by Crippen LogP contribution is 2.33. The Morgan fingerprint density at radius 2 is 1.75 bits per heavy atom. The molecule has 0 fully saturated rings. The maximum Gasteiger partial charge on any atom is 0.244 e. The molecule has 0 unspecified atom stereocenters. The van der Waals surface area contributed by atoms with Gasteiger partial charge in [0.05, 0.1) is 28.3 Å². The van der Waals surface area contributed by atoms with E-state index in [0.29, 0.717) is 21.4 Å². The fourth-order valence-corrected chi connectivity index (χ4v) is 5.63. The zero-order valence-corrected chi connectivity index (χ0v) is 19.5. The van der Waals surface area contributed by atoms with Crippen molar-refractivity contribution in [3.63, 3.8) is 0 Å². The molecular formula is C23H19ClN2O4S2. The number of ether oxygens (including phenoxy) is 1. The second-order valence-corrected chi connectivity index (χ2v) is 10.4. The van der Waals surface area contributed by atoms with Crippen LogP contribution in [0.25, 0.3) is 10.2 Å². The molecule has 0 aliphatic carbocycles. The standard InChI is InChI=1S/C23H19ClN2O4S2/c1-30-17-10-12-18(13-11-17)32(28,29)15-21(27)26(14-16-6-3-2-4-7-16)23-25-22-19(24)8-5-9-20(22)31-23/h2-13H,14-15H2,1H3. The van der Waals surface area contributed by atoms with Crippen LogP contribution in [0.3, 0.4) is 0 Å². The van der Waals surface area contributed by atoms with Gasteiger partial charge in [-0.3, -0.25) is 9.69 Å². The summed E-state index contributed by atoms with van der Waals surface area (Å²) in [5.74, 6) is -0.720. The van der Waals surface area contributed by atoms with E-state index in [9.17, 15) is 13.2 Å². The van der Waals surface area contributed by atoms with Crippen LogP contribution in [-0.4, -0.2) is 32.2 Å². The predicted octanol–water partition coefficient (Wildman–Crippen LogP) is 4.97. The lowest BCUT2D eigenvalue weighted by molar-refractivity contribution is -0.116. The fraction of sp³-hybridized carbons (Fsp3) is 0.130. The molecule has 9 heteroatoms. The first kappa shape index (κ1) is 22.3. The summed E-state index contributed by atoms with van der Waals surface area (Å²) in [6.07, 6.45) is 0. The predicted molar refractivity (Wildman–Crippen MR) is 127 cm³/mol. The van der Waals surface area contributed by atoms with E-state index >= 15 is 0 Å². The Balaban J connectivity index is 1.68. The number of carbonyl (C=O) groups is 1. The Morgan fingerprint density at radius 1 is 1.03 bits per heavy atom. The van der Waals surface area contributed by atoms with Crippen molar-refractivity contribution in [3.05, 3.63) is 83.4 Å². The zero-order valence-electron chi connectivity index (χ0n) is 17.1. The Labute approximate surface area is 195 Å². The van der Waals surface area contributed by atoms with Crippen LogP contribution >= 0.6 is 22.9 Å². The monoisotopic (exact) mass is 486 g/mol. The first-order valence-corrected chi connectivity index (χ1v) is 12.5. The molecular weight excluding hydrogens is 468 g/mol. The summed E-state index contributed by atoms with van der Waals surface area (Å²) >= 11 is 7.55. The molecule has 0 N–H and O–H groups in total. The first-order valence-electron chi connectivity index (χ1n) is 9.63. The Morgan fingerprint density at radius 3 is 2.41 bits per heavy atom. The third kappa shape index (κ3) is 4.77. The SMILES string of the molecule is COc1ccc(S(=O)(=O)CC(=O)N(Cc2ccccc2)c2nc3c(Cl)cccc3s2)cc1. The average Bonchev–Trinajstić information content (AvgIpc) is 3.23. The molecule has 0 saturated heterocycles. The number of methoxy groups -OCH3 is 1. The molecule has 0 aliphatic rings. The minimum absolute atomic E-state index is 0.0543. The van der Waals surface area contributed by atoms with Crippen molar-refractivity contribution < 1.29 is 17.9 Å². The van der Waals surface area contributed by atoms with Crippen LogP contribution in [0.15, 0.2) is 77.7 Å². The number of amides is 1. The summed E-state index contributed by atoms with van der Waals surface area (Å²) in [7, 11) is -2.37. The number of aromatic nitrogens is 1. The zero-order chi connectivity index (χ0) is 22.7. The van der Waals surface area contributed by atoms with Crippen molar-refractivity contribution in [2.75, 3.05) is 17.8 Å². The van der Waals surface area contributed by atoms with Gasteiger partial charge in [0, 0.05) is 0 Å². The summed E-state index contributed by atoms with van der Waals surface area (Å²) in [5, 5.41) is 0.870. The number of para-hydroxylation sites is 1. The Kier molecular flexibility index (Phi) is 6.45. The van der Waals surface area contributed by atoms with E-state index in [0.717, 1.165) is 10.3 Å². The van der Waals surface area contributed by atoms with Gasteiger partial charge in [-0.05, 0) is 42.0 Å². The summed E-state index contributed by atoms with van der Waals surface area (Å²) in [5.41, 5.74) is 1.44. The number of anilines is 1. The van der Waals surface area contributed by atoms with E-state index < -0.39 is 21.5 Å². The van der Waals surface area contributed by atoms with Crippen molar-refractivity contribution in [2.45, 2.75) is 11.4 Å². The van der Waals surface area contributed by atoms with Gasteiger partial charge in [-0.15, -0.1) is 0 Å². The molecule has 32 heavy (non-hydrogen) atoms. The lowest BCUT2D eigenvalue weighted by atomic mass is 10.2. The van der Waals surface area contributed by atoms with Gasteiger partial charge in [0.15, 0.2) is 15.0 Å². The number of nitrogens with zero attached hydrogens (tertiary/aromatic N) is 2. The average molecular weight is 487 g/mol. The molecule has 0 atom stereocenters. The molecule has 3 aromatic carbocycles. The summed E-state index contributed by atoms with van der Waals surface area (Å²) in [6.45, 7) is 0.190. The largest absolute Gasteiger partial charge is 0.497 e. The fourth-order valence-electron chi connectivity index (χ4n) is 3.15. The van der Waals surface area contributed by atoms with Gasteiger partial charge in [0.1, 0.15) is 17.0 Å². The van der Waals surface area contributed by atoms with Crippen LogP contribution in [0.4, 0.5) is 5.13 Å². The van der Waals surface area contributed by atoms with Crippen molar-refractivity contribution in [1.29, 1.82) is 0 Å². The highest BCUT2D eigenvalue weighted by molar-refractivity contribution is 7.92. The second kappa shape index (κ2) is 9.28. The molecule has 0 spiro atoms. The number of fused-ring (bicyclic) bond motifs is 1. The van der Waals surface area contributed by atoms with Crippen LogP contribution in [-0.2, 0) is 21.2 Å². The molecule has 0 radical (unpaired) electrons. The maximum atomic E-state index is 13.3. The van der Waals surface area contributed by atoms with Gasteiger partial charge in [0.2, 0.25) is 5.91 Å². The summed E-state index contributed by atoms with van der Waals surface area (Å²) < 4.78 is 31.8. The minimum atomic E-state index is -3.86. The Bertz CT molecular complexity index is 1350. The number of thiazole rings is 1. The summed E-state index contributed by atoms with van der Waals surface area (Å²) in [4.78, 5) is 19.3. The van der Waals surface area contributed by atoms with Gasteiger partial charge in [-0.25, -0.2) is 13.4 Å². The second-order valence-electron chi connectivity index (χ2n) is 6.98. The van der Waals surface area contributed by atoms with Crippen LogP contribution in [0.5, 0.6) is 5.75 Å². The van der Waals surface area contributed by atoms with E-state index in [-0.39, 0.29) is 11.4 Å². The lowest BCUT2D eigenvalue weighted by Gasteiger charge is -2.20. The van der Waals surface area contributed by atoms with Crippen LogP contribution in [0.1, 0.15) is 5.56 Å². The normalized spacial score (nSPS) is 11.4. The van der Waals surface area contributed by atoms with E-state index in [2.05, 4.69) is 4.98 Å². The molecule has 0 saturated carbocycles. The van der Waals surface area contributed by atoms with Crippen LogP contribution < -0.4 is 9.64 Å². The molecule has 0 aliphatic heterocycles. The number of halogens is 1. The highest BCUT2D eigenvalue weighted by atomic mass is 35.5. The minimum Gasteiger partial charge on any atom is -0.497 e. The van der Waals surface area contributed by atoms with Crippen LogP contribution in [0.2, 0.25) is 5.02 Å². The van der Waals surface area contributed by atoms with Crippen molar-refractivity contribution in [2.24, 2.45) is 0 Å². The van der Waals surface area contributed by atoms with E-state index in [1.165, 1.54) is 35.5 Å². The van der Waals surface area contributed by atoms with Crippen molar-refractivity contribution >= 4 is 54.0 Å². The van der Waals surface area contributed by atoms with E-state index in [4.69, 9.17) is 16.3 Å². The number of sulfone groups is 1. The molecule has 1 aromatic heterocycles. The molecule has 0 bridgehead atoms. The number of rotatable bonds is 7. The third-order valence-electron chi connectivity index (χ3n) is 4.81. The number of carbonyl (C=O) groups excluding carboxylic acids is 1. The van der Waals surface area contributed by atoms with Crippen LogP contribution in [0, 0.1) is 0 Å². The van der Waals surface area contributed by atoms with E-state index in [1.54, 1.807) is 18.2 Å². The third-order valence-corrected chi connectivity index (χ3v) is 7.77. The number of hydrogen-bond donors (Lipinski definition) is 0. The molecule has 6 nitrogen and oxygen atoms in total. The smallest absolute Gasteiger partial charge is 0.244 e. The first-order chi connectivity index (χ1) is 15.4. The van der Waals surface area contributed by atoms with Gasteiger partial charge in [-0.1, -0.05) is 59.3 Å². The van der Waals surface area contributed by atoms with Gasteiger partial charge in [0.25, 0.3) is 0 Å². The highest BCUT2D eigenvalue weighted by Gasteiger charge is 2.27. The number of benzene rings is 3. The molecule has 164 valence electrons. The molecule has 1 amide bonds. The van der Waals surface area contributed by atoms with Crippen molar-refractivity contribution in [1.82, 2.24) is 4.98 Å². The molecule has 4 aromatic rings. The summed E-state index contributed by atoms with van der Waals surface area (Å²) in [6, 6.07) is 20.7. The molecule has 4 rings (SSSR count). The lowest BCUT2D eigenvalue weighted by Crippen LogP contribution is -2.35. The van der Waals surface area contributed by atoms with Gasteiger partial charge in [-0.2, -0.15) is 0 Å². The topological polar surface area (TPSA) is 76.6 Å². The molecule has 1 heterocycles. The van der Waals surface area contributed by atoms with Gasteiger partial charge >= 0.3 is 0 Å². The maximum absolute atomic E-state index is 13.3. The van der Waals surface area contributed by atoms with Gasteiger partial charge < -0.3 is 4.74 Å². The van der Waals surface area contributed by atoms with E-state index in [1.807, 2.05) is 42.5 Å². The quantitative estimate of drug-likeness (QED) is 0.369. The van der Waals surface area contributed by atoms with Crippen molar-refractivity contribution in [3.8, 4) is 5.75 Å². The Hall–Kier alpha value is -2.94. The number of hydrogen-bond acceptors (Lipinski definition) is 6.